The topological polar surface area (TPSA) is 71.0 Å². The molecule has 4 heteroatoms. The lowest BCUT2D eigenvalue weighted by Gasteiger charge is -2.11. The molecule has 0 aliphatic carbocycles. The molecule has 1 aromatic carbocycles. The van der Waals surface area contributed by atoms with Crippen LogP contribution in [0.15, 0.2) is 30.3 Å². The predicted molar refractivity (Wildman–Crippen MR) is 67.6 cm³/mol. The zero-order valence-corrected chi connectivity index (χ0v) is 10.9. The molecular formula is C14H20NO3+. The fourth-order valence-electron chi connectivity index (χ4n) is 1.77. The third-order valence-corrected chi connectivity index (χ3v) is 2.89. The van der Waals surface area contributed by atoms with Gasteiger partial charge in [-0.05, 0) is 5.56 Å². The third kappa shape index (κ3) is 4.30. The number of Topliss-reactive ketones (excluding diaryl/α,β-unsaturated/α-hetero) is 1. The summed E-state index contributed by atoms with van der Waals surface area (Å²) in [6.45, 7) is 1.69. The fourth-order valence-corrected chi connectivity index (χ4v) is 1.77. The average Bonchev–Trinajstić information content (AvgIpc) is 2.38. The summed E-state index contributed by atoms with van der Waals surface area (Å²) in [4.78, 5) is 23.1. The number of benzene rings is 1. The van der Waals surface area contributed by atoms with E-state index in [9.17, 15) is 9.59 Å². The summed E-state index contributed by atoms with van der Waals surface area (Å²) in [6, 6.07) is 9.42. The number of ether oxygens (including phenoxy) is 1. The Hall–Kier alpha value is -1.68. The van der Waals surface area contributed by atoms with Crippen LogP contribution in [0, 0.1) is 5.92 Å². The minimum atomic E-state index is -0.400. The highest BCUT2D eigenvalue weighted by Crippen LogP contribution is 2.08. The maximum Gasteiger partial charge on any atom is 0.308 e. The van der Waals surface area contributed by atoms with Gasteiger partial charge >= 0.3 is 5.97 Å². The van der Waals surface area contributed by atoms with Crippen LogP contribution in [-0.4, -0.2) is 24.9 Å². The highest BCUT2D eigenvalue weighted by atomic mass is 16.5. The van der Waals surface area contributed by atoms with Crippen molar-refractivity contribution in [2.45, 2.75) is 25.8 Å². The summed E-state index contributed by atoms with van der Waals surface area (Å²) in [6.07, 6.45) is 0.793. The Morgan fingerprint density at radius 2 is 1.89 bits per heavy atom. The number of rotatable bonds is 6. The predicted octanol–water partition coefficient (Wildman–Crippen LogP) is 0.608. The molecule has 2 atom stereocenters. The first-order chi connectivity index (χ1) is 8.54. The van der Waals surface area contributed by atoms with Gasteiger partial charge in [0.15, 0.2) is 5.78 Å². The second-order valence-electron chi connectivity index (χ2n) is 4.48. The number of methoxy groups -OCH3 is 1. The zero-order valence-electron chi connectivity index (χ0n) is 10.9. The molecule has 4 nitrogen and oxygen atoms in total. The molecule has 0 saturated heterocycles. The quantitative estimate of drug-likeness (QED) is 0.752. The van der Waals surface area contributed by atoms with Crippen molar-refractivity contribution in [2.75, 3.05) is 7.11 Å². The maximum atomic E-state index is 11.9. The van der Waals surface area contributed by atoms with E-state index in [0.29, 0.717) is 6.42 Å². The van der Waals surface area contributed by atoms with Crippen molar-refractivity contribution in [3.8, 4) is 0 Å². The Labute approximate surface area is 107 Å². The van der Waals surface area contributed by atoms with Gasteiger partial charge in [0.1, 0.15) is 6.04 Å². The Bertz CT molecular complexity index is 403. The SMILES string of the molecule is COC(=O)[C@H](C)CC(=O)[C@@H]([NH3+])Cc1ccccc1. The number of hydrogen-bond donors (Lipinski definition) is 1. The van der Waals surface area contributed by atoms with Crippen molar-refractivity contribution in [2.24, 2.45) is 5.92 Å². The van der Waals surface area contributed by atoms with E-state index < -0.39 is 5.92 Å². The number of hydrogen-bond acceptors (Lipinski definition) is 3. The van der Waals surface area contributed by atoms with Crippen LogP contribution in [0.2, 0.25) is 0 Å². The van der Waals surface area contributed by atoms with Gasteiger partial charge in [-0.1, -0.05) is 37.3 Å². The first kappa shape index (κ1) is 14.4. The molecule has 0 aliphatic rings. The Balaban J connectivity index is 2.49. The lowest BCUT2D eigenvalue weighted by Crippen LogP contribution is -2.66. The van der Waals surface area contributed by atoms with E-state index >= 15 is 0 Å². The molecule has 0 heterocycles. The Kier molecular flexibility index (Phi) is 5.52. The van der Waals surface area contributed by atoms with Crippen molar-refractivity contribution in [1.82, 2.24) is 0 Å². The summed E-state index contributed by atoms with van der Waals surface area (Å²) in [5.41, 5.74) is 4.95. The minimum absolute atomic E-state index is 0.00301. The second kappa shape index (κ2) is 6.91. The molecule has 0 aromatic heterocycles. The van der Waals surface area contributed by atoms with E-state index in [2.05, 4.69) is 10.5 Å². The van der Waals surface area contributed by atoms with Gasteiger partial charge in [-0.25, -0.2) is 0 Å². The summed E-state index contributed by atoms with van der Waals surface area (Å²) in [5.74, 6) is -0.755. The van der Waals surface area contributed by atoms with Gasteiger partial charge < -0.3 is 10.5 Å². The van der Waals surface area contributed by atoms with Crippen LogP contribution in [0.5, 0.6) is 0 Å². The molecule has 0 fully saturated rings. The van der Waals surface area contributed by atoms with E-state index in [1.807, 2.05) is 30.3 Å². The third-order valence-electron chi connectivity index (χ3n) is 2.89. The zero-order chi connectivity index (χ0) is 13.5. The number of carbonyl (C=O) groups is 2. The van der Waals surface area contributed by atoms with Crippen molar-refractivity contribution < 1.29 is 20.1 Å². The fraction of sp³-hybridized carbons (Fsp3) is 0.429. The number of carbonyl (C=O) groups excluding carboxylic acids is 2. The van der Waals surface area contributed by atoms with Crippen LogP contribution in [0.4, 0.5) is 0 Å². The number of quaternary nitrogens is 1. The van der Waals surface area contributed by atoms with Crippen LogP contribution in [0.25, 0.3) is 0 Å². The molecule has 0 aliphatic heterocycles. The normalized spacial score (nSPS) is 13.7. The first-order valence-electron chi connectivity index (χ1n) is 6.02. The van der Waals surface area contributed by atoms with Crippen LogP contribution >= 0.6 is 0 Å². The van der Waals surface area contributed by atoms with E-state index in [1.165, 1.54) is 7.11 Å². The van der Waals surface area contributed by atoms with E-state index in [4.69, 9.17) is 0 Å². The van der Waals surface area contributed by atoms with Gasteiger partial charge in [0, 0.05) is 12.8 Å². The van der Waals surface area contributed by atoms with Gasteiger partial charge in [0.2, 0.25) is 0 Å². The minimum Gasteiger partial charge on any atom is -0.469 e. The summed E-state index contributed by atoms with van der Waals surface area (Å²) in [5, 5.41) is 0. The van der Waals surface area contributed by atoms with Crippen LogP contribution in [-0.2, 0) is 20.7 Å². The van der Waals surface area contributed by atoms with E-state index in [1.54, 1.807) is 6.92 Å². The molecule has 0 bridgehead atoms. The highest BCUT2D eigenvalue weighted by Gasteiger charge is 2.23. The number of ketones is 1. The maximum absolute atomic E-state index is 11.9. The summed E-state index contributed by atoms with van der Waals surface area (Å²) in [7, 11) is 1.33. The summed E-state index contributed by atoms with van der Waals surface area (Å²) >= 11 is 0. The second-order valence-corrected chi connectivity index (χ2v) is 4.48. The molecular weight excluding hydrogens is 230 g/mol. The highest BCUT2D eigenvalue weighted by molar-refractivity contribution is 5.87. The number of esters is 1. The molecule has 0 saturated carbocycles. The van der Waals surface area contributed by atoms with Crippen molar-refractivity contribution in [1.29, 1.82) is 0 Å². The lowest BCUT2D eigenvalue weighted by atomic mass is 9.96. The van der Waals surface area contributed by atoms with Crippen LogP contribution in [0.3, 0.4) is 0 Å². The van der Waals surface area contributed by atoms with Gasteiger partial charge in [0.25, 0.3) is 0 Å². The molecule has 0 spiro atoms. The molecule has 0 radical (unpaired) electrons. The molecule has 0 amide bonds. The first-order valence-corrected chi connectivity index (χ1v) is 6.02. The van der Waals surface area contributed by atoms with E-state index in [-0.39, 0.29) is 24.2 Å². The molecule has 18 heavy (non-hydrogen) atoms. The van der Waals surface area contributed by atoms with Crippen molar-refractivity contribution in [3.63, 3.8) is 0 Å². The van der Waals surface area contributed by atoms with Gasteiger partial charge in [0.05, 0.1) is 13.0 Å². The van der Waals surface area contributed by atoms with Crippen LogP contribution < -0.4 is 5.73 Å². The van der Waals surface area contributed by atoms with Gasteiger partial charge in [-0.3, -0.25) is 9.59 Å². The standard InChI is InChI=1S/C14H19NO3/c1-10(14(17)18-2)8-13(16)12(15)9-11-6-4-3-5-7-11/h3-7,10,12H,8-9,15H2,1-2H3/p+1/t10-,12+/m1/s1. The van der Waals surface area contributed by atoms with Gasteiger partial charge in [-0.2, -0.15) is 0 Å². The molecule has 0 unspecified atom stereocenters. The monoisotopic (exact) mass is 250 g/mol. The van der Waals surface area contributed by atoms with Crippen molar-refractivity contribution in [3.05, 3.63) is 35.9 Å². The van der Waals surface area contributed by atoms with E-state index in [0.717, 1.165) is 5.56 Å². The Morgan fingerprint density at radius 1 is 1.28 bits per heavy atom. The van der Waals surface area contributed by atoms with Crippen LogP contribution in [0.1, 0.15) is 18.9 Å². The molecule has 3 N–H and O–H groups in total. The van der Waals surface area contributed by atoms with Gasteiger partial charge in [-0.15, -0.1) is 0 Å². The average molecular weight is 250 g/mol. The summed E-state index contributed by atoms with van der Waals surface area (Å²) < 4.78 is 4.60. The Morgan fingerprint density at radius 3 is 2.44 bits per heavy atom. The van der Waals surface area contributed by atoms with Crippen molar-refractivity contribution >= 4 is 11.8 Å². The molecule has 1 aromatic rings. The smallest absolute Gasteiger partial charge is 0.308 e. The molecule has 98 valence electrons. The largest absolute Gasteiger partial charge is 0.469 e. The lowest BCUT2D eigenvalue weighted by molar-refractivity contribution is -0.402. The molecule has 1 rings (SSSR count).